The first-order valence-corrected chi connectivity index (χ1v) is 16.6. The van der Waals surface area contributed by atoms with E-state index in [0.717, 1.165) is 37.7 Å². The number of carbonyl (C=O) groups excluding carboxylic acids is 2. The van der Waals surface area contributed by atoms with Crippen LogP contribution in [0.5, 0.6) is 0 Å². The maximum Gasteiger partial charge on any atom is 0.425 e. The second-order valence-corrected chi connectivity index (χ2v) is 14.5. The molecule has 5 aliphatic rings. The zero-order valence-electron chi connectivity index (χ0n) is 25.6. The van der Waals surface area contributed by atoms with Gasteiger partial charge in [-0.15, -0.1) is 0 Å². The van der Waals surface area contributed by atoms with E-state index in [0.29, 0.717) is 41.4 Å². The van der Waals surface area contributed by atoms with Gasteiger partial charge in [-0.25, -0.2) is 9.69 Å². The number of benzene rings is 1. The van der Waals surface area contributed by atoms with Crippen molar-refractivity contribution in [3.63, 3.8) is 0 Å². The van der Waals surface area contributed by atoms with Gasteiger partial charge in [0.1, 0.15) is 0 Å². The van der Waals surface area contributed by atoms with Gasteiger partial charge in [-0.3, -0.25) is 4.79 Å². The molecule has 9 unspecified atom stereocenters. The van der Waals surface area contributed by atoms with Crippen molar-refractivity contribution < 1.29 is 24.2 Å². The predicted molar refractivity (Wildman–Crippen MR) is 161 cm³/mol. The van der Waals surface area contributed by atoms with Gasteiger partial charge < -0.3 is 14.6 Å². The monoisotopic (exact) mass is 575 g/mol. The Morgan fingerprint density at radius 2 is 1.83 bits per heavy atom. The van der Waals surface area contributed by atoms with E-state index in [2.05, 4.69) is 26.0 Å². The summed E-state index contributed by atoms with van der Waals surface area (Å²) in [5, 5.41) is 11.4. The number of hydrogen-bond donors (Lipinski definition) is 1. The maximum atomic E-state index is 12.7. The minimum Gasteiger partial charge on any atom is -0.428 e. The number of fused-ring (bicyclic) bond motifs is 6. The molecule has 228 valence electrons. The summed E-state index contributed by atoms with van der Waals surface area (Å²) >= 11 is 0. The van der Waals surface area contributed by atoms with Gasteiger partial charge in [0, 0.05) is 12.5 Å². The van der Waals surface area contributed by atoms with Crippen molar-refractivity contribution in [3.8, 4) is 12.5 Å². The molecule has 0 heterocycles. The van der Waals surface area contributed by atoms with Gasteiger partial charge in [0.15, 0.2) is 0 Å². The summed E-state index contributed by atoms with van der Waals surface area (Å²) in [4.78, 5) is 26.5. The molecular weight excluding hydrogens is 526 g/mol. The summed E-state index contributed by atoms with van der Waals surface area (Å²) < 4.78 is 10.5. The molecule has 1 aromatic carbocycles. The van der Waals surface area contributed by atoms with Gasteiger partial charge in [-0.1, -0.05) is 57.4 Å². The summed E-state index contributed by atoms with van der Waals surface area (Å²) in [5.74, 6) is 2.62. The summed E-state index contributed by atoms with van der Waals surface area (Å²) in [6.07, 6.45) is 19.8. The lowest BCUT2D eigenvalue weighted by molar-refractivity contribution is -0.163. The third-order valence-electron chi connectivity index (χ3n) is 12.9. The zero-order chi connectivity index (χ0) is 29.5. The number of rotatable bonds is 7. The molecule has 0 spiro atoms. The van der Waals surface area contributed by atoms with Crippen LogP contribution in [-0.4, -0.2) is 35.0 Å². The molecule has 6 nitrogen and oxygen atoms in total. The van der Waals surface area contributed by atoms with Gasteiger partial charge in [0.05, 0.1) is 12.1 Å². The normalized spacial score (nSPS) is 38.3. The van der Waals surface area contributed by atoms with Crippen molar-refractivity contribution in [2.75, 3.05) is 6.79 Å². The van der Waals surface area contributed by atoms with E-state index in [1.54, 1.807) is 0 Å². The summed E-state index contributed by atoms with van der Waals surface area (Å²) in [5.41, 5.74) is 2.90. The average Bonchev–Trinajstić information content (AvgIpc) is 3.55. The van der Waals surface area contributed by atoms with Crippen molar-refractivity contribution in [1.29, 1.82) is 0 Å². The quantitative estimate of drug-likeness (QED) is 0.159. The van der Waals surface area contributed by atoms with Crippen LogP contribution in [0.15, 0.2) is 24.3 Å². The molecule has 0 radical (unpaired) electrons. The number of carbonyl (C=O) groups is 2. The molecule has 4 fully saturated rings. The Labute approximate surface area is 251 Å². The van der Waals surface area contributed by atoms with Crippen LogP contribution in [0.1, 0.15) is 114 Å². The van der Waals surface area contributed by atoms with Crippen LogP contribution in [0.2, 0.25) is 0 Å². The first-order chi connectivity index (χ1) is 20.3. The largest absolute Gasteiger partial charge is 0.428 e. The van der Waals surface area contributed by atoms with E-state index in [4.69, 9.17) is 15.9 Å². The third kappa shape index (κ3) is 5.14. The first-order valence-electron chi connectivity index (χ1n) is 16.6. The van der Waals surface area contributed by atoms with Crippen LogP contribution in [0.3, 0.4) is 0 Å². The minimum atomic E-state index is -0.661. The standard InChI is InChI=1S/C36H49NO5/c1-4-37(30-18-15-24-10-5-6-13-27(24)30)34(40)42-23-41-32(39)14-9-12-25-16-17-28-33-29(19-21-36(25,28)3)35(2)20-8-7-11-26(35)22-31(33)38/h1,5-6,10,13,25-26,28-31,33,38H,7-9,11-12,14-23H2,2-3H3. The van der Waals surface area contributed by atoms with Crippen LogP contribution >= 0.6 is 0 Å². The lowest BCUT2D eigenvalue weighted by atomic mass is 9.44. The van der Waals surface area contributed by atoms with Crippen LogP contribution in [0, 0.1) is 52.9 Å². The van der Waals surface area contributed by atoms with E-state index in [1.165, 1.54) is 61.8 Å². The number of hydrogen-bond acceptors (Lipinski definition) is 5. The second-order valence-electron chi connectivity index (χ2n) is 14.5. The Hall–Kier alpha value is -2.52. The molecule has 4 saturated carbocycles. The van der Waals surface area contributed by atoms with E-state index in [9.17, 15) is 14.7 Å². The zero-order valence-corrected chi connectivity index (χ0v) is 25.6. The van der Waals surface area contributed by atoms with Crippen LogP contribution in [0.4, 0.5) is 4.79 Å². The van der Waals surface area contributed by atoms with E-state index >= 15 is 0 Å². The van der Waals surface area contributed by atoms with Crippen LogP contribution in [0.25, 0.3) is 0 Å². The fourth-order valence-corrected chi connectivity index (χ4v) is 10.7. The topological polar surface area (TPSA) is 76.1 Å². The fraction of sp³-hybridized carbons (Fsp3) is 0.722. The SMILES string of the molecule is C#CN(C(=O)OCOC(=O)CCCC1CCC2C3C(O)CC4CCCCC4(C)C3CCC12C)C1CCc2ccccc21. The molecule has 5 aliphatic carbocycles. The van der Waals surface area contributed by atoms with Crippen molar-refractivity contribution in [1.82, 2.24) is 4.90 Å². The Morgan fingerprint density at radius 1 is 1.02 bits per heavy atom. The highest BCUT2D eigenvalue weighted by molar-refractivity contribution is 5.72. The average molecular weight is 576 g/mol. The molecule has 6 rings (SSSR count). The lowest BCUT2D eigenvalue weighted by Crippen LogP contribution is -2.57. The van der Waals surface area contributed by atoms with Gasteiger partial charge in [-0.05, 0) is 122 Å². The number of aliphatic hydroxyl groups is 1. The molecule has 0 bridgehead atoms. The van der Waals surface area contributed by atoms with Gasteiger partial charge in [0.25, 0.3) is 0 Å². The number of ether oxygens (including phenoxy) is 2. The minimum absolute atomic E-state index is 0.152. The molecule has 1 amide bonds. The summed E-state index contributed by atoms with van der Waals surface area (Å²) in [6.45, 7) is 4.61. The second kappa shape index (κ2) is 11.9. The van der Waals surface area contributed by atoms with Crippen molar-refractivity contribution in [2.45, 2.75) is 116 Å². The fourth-order valence-electron chi connectivity index (χ4n) is 10.7. The van der Waals surface area contributed by atoms with E-state index in [1.807, 2.05) is 18.2 Å². The number of aryl methyl sites for hydroxylation is 1. The summed E-state index contributed by atoms with van der Waals surface area (Å²) in [6, 6.07) is 10.2. The molecule has 0 saturated heterocycles. The molecule has 1 aromatic rings. The van der Waals surface area contributed by atoms with E-state index in [-0.39, 0.29) is 23.5 Å². The number of esters is 1. The summed E-state index contributed by atoms with van der Waals surface area (Å²) in [7, 11) is 0. The van der Waals surface area contributed by atoms with E-state index < -0.39 is 12.9 Å². The predicted octanol–water partition coefficient (Wildman–Crippen LogP) is 7.39. The first kappa shape index (κ1) is 29.5. The number of nitrogens with zero attached hydrogens (tertiary/aromatic N) is 1. The van der Waals surface area contributed by atoms with Crippen molar-refractivity contribution in [2.24, 2.45) is 40.4 Å². The molecule has 0 aromatic heterocycles. The van der Waals surface area contributed by atoms with Gasteiger partial charge in [-0.2, -0.15) is 0 Å². The van der Waals surface area contributed by atoms with Crippen molar-refractivity contribution >= 4 is 12.1 Å². The smallest absolute Gasteiger partial charge is 0.425 e. The maximum absolute atomic E-state index is 12.7. The van der Waals surface area contributed by atoms with Crippen molar-refractivity contribution in [3.05, 3.63) is 35.4 Å². The molecule has 6 heteroatoms. The molecular formula is C36H49NO5. The lowest BCUT2D eigenvalue weighted by Gasteiger charge is -2.62. The Morgan fingerprint density at radius 3 is 2.67 bits per heavy atom. The molecule has 9 atom stereocenters. The number of aliphatic hydroxyl groups excluding tert-OH is 1. The molecule has 1 N–H and O–H groups in total. The Kier molecular flexibility index (Phi) is 8.35. The molecule has 42 heavy (non-hydrogen) atoms. The third-order valence-corrected chi connectivity index (χ3v) is 12.9. The highest BCUT2D eigenvalue weighted by atomic mass is 16.7. The highest BCUT2D eigenvalue weighted by Gasteiger charge is 2.61. The van der Waals surface area contributed by atoms with Crippen LogP contribution in [-0.2, 0) is 20.7 Å². The number of amides is 1. The van der Waals surface area contributed by atoms with Gasteiger partial charge >= 0.3 is 12.1 Å². The Balaban J connectivity index is 0.962. The Bertz CT molecular complexity index is 1210. The number of terminal acetylenes is 1. The molecule has 0 aliphatic heterocycles. The van der Waals surface area contributed by atoms with Crippen LogP contribution < -0.4 is 0 Å². The highest BCUT2D eigenvalue weighted by Crippen LogP contribution is 2.67. The van der Waals surface area contributed by atoms with Gasteiger partial charge in [0.2, 0.25) is 6.79 Å².